The van der Waals surface area contributed by atoms with Gasteiger partial charge in [0.05, 0.1) is 0 Å². The van der Waals surface area contributed by atoms with Crippen molar-refractivity contribution in [1.29, 1.82) is 0 Å². The summed E-state index contributed by atoms with van der Waals surface area (Å²) in [6.07, 6.45) is 4.05. The summed E-state index contributed by atoms with van der Waals surface area (Å²) in [4.78, 5) is 0. The third-order valence-corrected chi connectivity index (χ3v) is 7.19. The van der Waals surface area contributed by atoms with E-state index >= 15 is 0 Å². The van der Waals surface area contributed by atoms with Crippen LogP contribution in [0.4, 0.5) is 0 Å². The maximum Gasteiger partial charge on any atom is 0.188 e. The Labute approximate surface area is 223 Å². The molecule has 4 heteroatoms. The first-order chi connectivity index (χ1) is 18.8. The second kappa shape index (κ2) is 10.7. The molecule has 0 spiro atoms. The minimum Gasteiger partial charge on any atom is -0.467 e. The minimum atomic E-state index is 0.146. The first-order valence-electron chi connectivity index (χ1n) is 12.9. The number of fused-ring (bicyclic) bond motifs is 3. The number of hydrogen-bond donors (Lipinski definition) is 0. The fraction of sp³-hybridized carbons (Fsp3) is 0.176. The van der Waals surface area contributed by atoms with Crippen LogP contribution in [-0.2, 0) is 22.3 Å². The molecule has 4 nitrogen and oxygen atoms in total. The zero-order chi connectivity index (χ0) is 25.9. The second-order valence-electron chi connectivity index (χ2n) is 9.49. The lowest BCUT2D eigenvalue weighted by atomic mass is 9.88. The number of allylic oxidation sites excluding steroid dienone is 2. The molecule has 5 aromatic carbocycles. The summed E-state index contributed by atoms with van der Waals surface area (Å²) in [5.41, 5.74) is 7.11. The van der Waals surface area contributed by atoms with E-state index in [-0.39, 0.29) is 13.6 Å². The lowest BCUT2D eigenvalue weighted by molar-refractivity contribution is 0.0498. The molecule has 0 saturated carbocycles. The summed E-state index contributed by atoms with van der Waals surface area (Å²) in [5, 5.41) is 4.48. The molecular weight excluding hydrogens is 472 g/mol. The smallest absolute Gasteiger partial charge is 0.188 e. The monoisotopic (exact) mass is 502 g/mol. The zero-order valence-corrected chi connectivity index (χ0v) is 21.7. The molecule has 0 amide bonds. The summed E-state index contributed by atoms with van der Waals surface area (Å²) >= 11 is 0. The van der Waals surface area contributed by atoms with Crippen LogP contribution in [0.1, 0.15) is 16.7 Å². The predicted molar refractivity (Wildman–Crippen MR) is 154 cm³/mol. The normalized spacial score (nSPS) is 12.5. The Kier molecular flexibility index (Phi) is 6.82. The molecule has 38 heavy (non-hydrogen) atoms. The number of benzene rings is 5. The van der Waals surface area contributed by atoms with Gasteiger partial charge < -0.3 is 18.9 Å². The summed E-state index contributed by atoms with van der Waals surface area (Å²) < 4.78 is 23.3. The van der Waals surface area contributed by atoms with Crippen molar-refractivity contribution in [2.45, 2.75) is 12.8 Å². The number of hydrogen-bond acceptors (Lipinski definition) is 4. The van der Waals surface area contributed by atoms with Crippen LogP contribution < -0.4 is 9.47 Å². The second-order valence-corrected chi connectivity index (χ2v) is 9.49. The van der Waals surface area contributed by atoms with Gasteiger partial charge in [-0.1, -0.05) is 84.9 Å². The van der Waals surface area contributed by atoms with Crippen LogP contribution in [0, 0.1) is 0 Å². The molecule has 0 heterocycles. The predicted octanol–water partition coefficient (Wildman–Crippen LogP) is 7.81. The van der Waals surface area contributed by atoms with Crippen molar-refractivity contribution in [2.75, 3.05) is 27.8 Å². The minimum absolute atomic E-state index is 0.146. The zero-order valence-electron chi connectivity index (χ0n) is 21.7. The highest BCUT2D eigenvalue weighted by atomic mass is 16.7. The van der Waals surface area contributed by atoms with Crippen LogP contribution in [0.25, 0.3) is 38.2 Å². The highest BCUT2D eigenvalue weighted by molar-refractivity contribution is 6.10. The standard InChI is InChI=1S/C34H30O4/c1-35-21-37-31-18-17-24-10-4-7-13-29(24)32(31)33-30-14-8-5-11-25(30)19-27(34(33)38-22-36-2)20-26-16-15-23-9-3-6-12-28(23)26/h3-14,16-19H,15,20-22H2,1-2H3. The third kappa shape index (κ3) is 4.43. The van der Waals surface area contributed by atoms with Gasteiger partial charge in [0.15, 0.2) is 13.6 Å². The van der Waals surface area contributed by atoms with Crippen LogP contribution >= 0.6 is 0 Å². The lowest BCUT2D eigenvalue weighted by Crippen LogP contribution is -2.06. The van der Waals surface area contributed by atoms with E-state index in [1.54, 1.807) is 14.2 Å². The van der Waals surface area contributed by atoms with Gasteiger partial charge in [0.2, 0.25) is 0 Å². The van der Waals surface area contributed by atoms with Crippen molar-refractivity contribution >= 4 is 27.1 Å². The molecule has 0 saturated heterocycles. The molecule has 5 aromatic rings. The SMILES string of the molecule is COCOc1ccc2ccccc2c1-c1c(OCOC)c(CC2=CCc3ccccc32)cc2ccccc12. The van der Waals surface area contributed by atoms with E-state index in [0.717, 1.165) is 62.6 Å². The van der Waals surface area contributed by atoms with E-state index in [1.165, 1.54) is 16.7 Å². The topological polar surface area (TPSA) is 36.9 Å². The molecule has 0 fully saturated rings. The van der Waals surface area contributed by atoms with Gasteiger partial charge in [-0.2, -0.15) is 0 Å². The fourth-order valence-corrected chi connectivity index (χ4v) is 5.53. The Morgan fingerprint density at radius 1 is 0.658 bits per heavy atom. The third-order valence-electron chi connectivity index (χ3n) is 7.19. The van der Waals surface area contributed by atoms with E-state index in [0.29, 0.717) is 0 Å². The molecule has 190 valence electrons. The molecule has 0 atom stereocenters. The van der Waals surface area contributed by atoms with Gasteiger partial charge in [-0.25, -0.2) is 0 Å². The Balaban J connectivity index is 1.63. The largest absolute Gasteiger partial charge is 0.467 e. The number of methoxy groups -OCH3 is 2. The molecule has 0 aliphatic heterocycles. The fourth-order valence-electron chi connectivity index (χ4n) is 5.53. The van der Waals surface area contributed by atoms with E-state index < -0.39 is 0 Å². The maximum atomic E-state index is 6.45. The first kappa shape index (κ1) is 24.2. The van der Waals surface area contributed by atoms with Crippen molar-refractivity contribution in [3.63, 3.8) is 0 Å². The average molecular weight is 503 g/mol. The van der Waals surface area contributed by atoms with Crippen molar-refractivity contribution in [3.05, 3.63) is 114 Å². The molecule has 1 aliphatic carbocycles. The Bertz CT molecular complexity index is 1650. The van der Waals surface area contributed by atoms with E-state index in [1.807, 2.05) is 6.07 Å². The average Bonchev–Trinajstić information content (AvgIpc) is 3.37. The van der Waals surface area contributed by atoms with Crippen molar-refractivity contribution < 1.29 is 18.9 Å². The van der Waals surface area contributed by atoms with Gasteiger partial charge in [0.25, 0.3) is 0 Å². The van der Waals surface area contributed by atoms with Crippen LogP contribution in [0.2, 0.25) is 0 Å². The highest BCUT2D eigenvalue weighted by Crippen LogP contribution is 2.48. The van der Waals surface area contributed by atoms with Crippen molar-refractivity contribution in [2.24, 2.45) is 0 Å². The van der Waals surface area contributed by atoms with Crippen LogP contribution in [0.15, 0.2) is 97.1 Å². The van der Waals surface area contributed by atoms with Gasteiger partial charge in [-0.3, -0.25) is 0 Å². The van der Waals surface area contributed by atoms with Gasteiger partial charge in [0.1, 0.15) is 11.5 Å². The Morgan fingerprint density at radius 3 is 2.16 bits per heavy atom. The molecule has 0 bridgehead atoms. The highest BCUT2D eigenvalue weighted by Gasteiger charge is 2.24. The van der Waals surface area contributed by atoms with Crippen molar-refractivity contribution in [1.82, 2.24) is 0 Å². The summed E-state index contributed by atoms with van der Waals surface area (Å²) in [6.45, 7) is 0.300. The van der Waals surface area contributed by atoms with Crippen LogP contribution in [0.5, 0.6) is 11.5 Å². The molecule has 0 radical (unpaired) electrons. The summed E-state index contributed by atoms with van der Waals surface area (Å²) in [5.74, 6) is 1.56. The lowest BCUT2D eigenvalue weighted by Gasteiger charge is -2.22. The molecule has 1 aliphatic rings. The van der Waals surface area contributed by atoms with Gasteiger partial charge in [-0.15, -0.1) is 0 Å². The van der Waals surface area contributed by atoms with Gasteiger partial charge >= 0.3 is 0 Å². The maximum absolute atomic E-state index is 6.45. The summed E-state index contributed by atoms with van der Waals surface area (Å²) in [6, 6.07) is 31.9. The molecule has 6 rings (SSSR count). The quantitative estimate of drug-likeness (QED) is 0.193. The first-order valence-corrected chi connectivity index (χ1v) is 12.9. The Morgan fingerprint density at radius 2 is 1.34 bits per heavy atom. The number of rotatable bonds is 9. The van der Waals surface area contributed by atoms with E-state index in [4.69, 9.17) is 18.9 Å². The Hall–Kier alpha value is -4.12. The van der Waals surface area contributed by atoms with Crippen LogP contribution in [0.3, 0.4) is 0 Å². The van der Waals surface area contributed by atoms with Gasteiger partial charge in [0, 0.05) is 31.8 Å². The van der Waals surface area contributed by atoms with E-state index in [9.17, 15) is 0 Å². The van der Waals surface area contributed by atoms with E-state index in [2.05, 4.69) is 91.0 Å². The summed E-state index contributed by atoms with van der Waals surface area (Å²) in [7, 11) is 3.29. The van der Waals surface area contributed by atoms with Gasteiger partial charge in [-0.05, 0) is 62.4 Å². The molecule has 0 unspecified atom stereocenters. The van der Waals surface area contributed by atoms with Crippen LogP contribution in [-0.4, -0.2) is 27.8 Å². The molecular formula is C34H30O4. The van der Waals surface area contributed by atoms with Crippen molar-refractivity contribution in [3.8, 4) is 22.6 Å². The molecule has 0 aromatic heterocycles. The number of ether oxygens (including phenoxy) is 4. The molecule has 0 N–H and O–H groups in total.